The Kier molecular flexibility index (Phi) is 14.4. The molecule has 2 aromatic carbocycles. The Morgan fingerprint density at radius 3 is 2.12 bits per heavy atom. The van der Waals surface area contributed by atoms with Crippen LogP contribution in [-0.2, 0) is 25.4 Å². The highest BCUT2D eigenvalue weighted by Gasteiger charge is 2.40. The van der Waals surface area contributed by atoms with E-state index in [4.69, 9.17) is 42.1 Å². The Balaban J connectivity index is 0.000000612. The van der Waals surface area contributed by atoms with Gasteiger partial charge in [-0.1, -0.05) is 54.1 Å². The Labute approximate surface area is 298 Å². The number of aryl methyl sites for hydroxylation is 1. The van der Waals surface area contributed by atoms with E-state index in [2.05, 4.69) is 24.3 Å². The minimum atomic E-state index is -0.416. The van der Waals surface area contributed by atoms with Gasteiger partial charge in [-0.2, -0.15) is 0 Å². The summed E-state index contributed by atoms with van der Waals surface area (Å²) in [6.45, 7) is 11.5. The molecule has 3 aliphatic rings. The molecule has 3 aromatic rings. The molecule has 0 bridgehead atoms. The number of aromatic nitrogens is 1. The third-order valence-electron chi connectivity index (χ3n) is 8.43. The number of benzene rings is 2. The van der Waals surface area contributed by atoms with Gasteiger partial charge >= 0.3 is 18.3 Å². The molecule has 2 atom stereocenters. The second-order valence-electron chi connectivity index (χ2n) is 11.4. The first-order valence-corrected chi connectivity index (χ1v) is 17.7. The topological polar surface area (TPSA) is 99.5 Å². The first-order chi connectivity index (χ1) is 23.8. The number of para-hydroxylation sites is 1. The lowest BCUT2D eigenvalue weighted by atomic mass is 9.70. The molecule has 0 unspecified atom stereocenters. The van der Waals surface area contributed by atoms with Gasteiger partial charge in [0.2, 0.25) is 0 Å². The summed E-state index contributed by atoms with van der Waals surface area (Å²) in [4.78, 5) is 41.4. The third-order valence-corrected chi connectivity index (χ3v) is 8.43. The molecule has 3 heterocycles. The molecule has 2 saturated heterocycles. The van der Waals surface area contributed by atoms with Crippen molar-refractivity contribution in [3.05, 3.63) is 95.0 Å². The van der Waals surface area contributed by atoms with Crippen LogP contribution in [0, 0.1) is 6.92 Å². The van der Waals surface area contributed by atoms with E-state index in [1.807, 2.05) is 57.3 Å². The third kappa shape index (κ3) is 9.17. The van der Waals surface area contributed by atoms with Crippen LogP contribution in [0.4, 0.5) is 14.4 Å². The summed E-state index contributed by atoms with van der Waals surface area (Å²) in [6.07, 6.45) is 5.64. The number of carbonyl (C=O) groups is 3. The van der Waals surface area contributed by atoms with Crippen molar-refractivity contribution in [3.8, 4) is 0 Å². The van der Waals surface area contributed by atoms with Crippen LogP contribution in [-0.4, -0.2) is 84.1 Å². The molecule has 0 spiro atoms. The van der Waals surface area contributed by atoms with E-state index < -0.39 is 6.09 Å². The average molecular weight is 715 g/mol. The number of amides is 2. The second kappa shape index (κ2) is 18.7. The van der Waals surface area contributed by atoms with E-state index in [1.54, 1.807) is 27.5 Å². The number of ether oxygens (including phenoxy) is 4. The lowest BCUT2D eigenvalue weighted by Crippen LogP contribution is -2.28. The van der Waals surface area contributed by atoms with Gasteiger partial charge in [0.05, 0.1) is 30.6 Å². The summed E-state index contributed by atoms with van der Waals surface area (Å²) in [7, 11) is 0. The number of allylic oxidation sites excluding steroid dienone is 2. The van der Waals surface area contributed by atoms with Crippen LogP contribution in [0.5, 0.6) is 0 Å². The molecule has 2 aliphatic heterocycles. The molecule has 0 saturated carbocycles. The smallest absolute Gasteiger partial charge is 0.418 e. The van der Waals surface area contributed by atoms with Crippen molar-refractivity contribution in [2.24, 2.45) is 0 Å². The summed E-state index contributed by atoms with van der Waals surface area (Å²) in [5.74, 6) is -0.345. The molecule has 2 fully saturated rings. The maximum Gasteiger partial charge on any atom is 0.418 e. The summed E-state index contributed by atoms with van der Waals surface area (Å²) >= 11 is 9.53. The van der Waals surface area contributed by atoms with Crippen LogP contribution < -0.4 is 0 Å². The van der Waals surface area contributed by atoms with Gasteiger partial charge < -0.3 is 18.9 Å². The average Bonchev–Trinajstić information content (AvgIpc) is 3.79. The van der Waals surface area contributed by atoms with Gasteiger partial charge in [-0.15, -0.1) is 23.2 Å². The van der Waals surface area contributed by atoms with Crippen molar-refractivity contribution in [3.63, 3.8) is 0 Å². The van der Waals surface area contributed by atoms with Crippen LogP contribution in [0.1, 0.15) is 61.4 Å². The maximum atomic E-state index is 13.5. The first kappa shape index (κ1) is 37.8. The standard InChI is InChI=1S/C32H33N3O6.C4H10O.CH2Cl2/c1-3-39-32(38)35-27-9-5-4-7-24(27)26-19-23(20-34-16-18-41-31(34)37)28(22-12-10-21(2)11-13-22)25(29(26)35)8-6-14-33-15-17-40-30(33)36;1-3-5-4-2;2-1-3/h4-7,9-14,20,25,28H,3,8,15-19H2,1-2H3;3-4H2,1-2H3;1H2/b14-6+,23-20-;;/t25-,28+;;/m0../s1. The van der Waals surface area contributed by atoms with Crippen molar-refractivity contribution in [2.45, 2.75) is 52.4 Å². The van der Waals surface area contributed by atoms with E-state index in [0.29, 0.717) is 39.1 Å². The Morgan fingerprint density at radius 2 is 1.55 bits per heavy atom. The zero-order valence-electron chi connectivity index (χ0n) is 28.5. The number of alkyl halides is 2. The van der Waals surface area contributed by atoms with Gasteiger partial charge in [-0.3, -0.25) is 9.80 Å². The molecule has 10 nitrogen and oxygen atoms in total. The fraction of sp³-hybridized carbons (Fsp3) is 0.432. The molecule has 0 N–H and O–H groups in total. The van der Waals surface area contributed by atoms with E-state index in [-0.39, 0.29) is 36.0 Å². The Bertz CT molecular complexity index is 1630. The van der Waals surface area contributed by atoms with Crippen LogP contribution in [0.15, 0.2) is 72.6 Å². The van der Waals surface area contributed by atoms with Crippen LogP contribution in [0.2, 0.25) is 0 Å². The van der Waals surface area contributed by atoms with Gasteiger partial charge in [0.15, 0.2) is 0 Å². The number of hydrogen-bond acceptors (Lipinski definition) is 7. The summed E-state index contributed by atoms with van der Waals surface area (Å²) in [5.41, 5.74) is 6.01. The lowest BCUT2D eigenvalue weighted by molar-refractivity contribution is 0.153. The number of nitrogens with zero attached hydrogens (tertiary/aromatic N) is 3. The van der Waals surface area contributed by atoms with Crippen LogP contribution in [0.3, 0.4) is 0 Å². The largest absolute Gasteiger partial charge is 0.449 e. The molecule has 1 aliphatic carbocycles. The summed E-state index contributed by atoms with van der Waals surface area (Å²) < 4.78 is 22.5. The van der Waals surface area contributed by atoms with E-state index >= 15 is 0 Å². The maximum absolute atomic E-state index is 13.5. The van der Waals surface area contributed by atoms with Crippen LogP contribution >= 0.6 is 23.2 Å². The Morgan fingerprint density at radius 1 is 0.918 bits per heavy atom. The fourth-order valence-corrected chi connectivity index (χ4v) is 6.41. The number of cyclic esters (lactones) is 2. The lowest BCUT2D eigenvalue weighted by Gasteiger charge is -2.36. The number of carbonyl (C=O) groups excluding carboxylic acids is 3. The molecule has 6 rings (SSSR count). The number of fused-ring (bicyclic) bond motifs is 3. The van der Waals surface area contributed by atoms with Crippen molar-refractivity contribution < 1.29 is 33.3 Å². The molecule has 1 aromatic heterocycles. The minimum Gasteiger partial charge on any atom is -0.449 e. The van der Waals surface area contributed by atoms with Gasteiger partial charge in [-0.25, -0.2) is 19.0 Å². The predicted molar refractivity (Wildman–Crippen MR) is 191 cm³/mol. The van der Waals surface area contributed by atoms with Crippen molar-refractivity contribution in [1.29, 1.82) is 0 Å². The summed E-state index contributed by atoms with van der Waals surface area (Å²) in [6, 6.07) is 16.3. The van der Waals surface area contributed by atoms with E-state index in [1.165, 1.54) is 0 Å². The highest BCUT2D eigenvalue weighted by atomic mass is 35.5. The number of rotatable bonds is 8. The first-order valence-electron chi connectivity index (χ1n) is 16.6. The summed E-state index contributed by atoms with van der Waals surface area (Å²) in [5, 5.41) is 1.17. The monoisotopic (exact) mass is 713 g/mol. The highest BCUT2D eigenvalue weighted by molar-refractivity contribution is 6.40. The van der Waals surface area contributed by atoms with E-state index in [9.17, 15) is 14.4 Å². The molecular formula is C37H45Cl2N3O7. The van der Waals surface area contributed by atoms with Gasteiger partial charge in [0.25, 0.3) is 0 Å². The molecule has 49 heavy (non-hydrogen) atoms. The van der Waals surface area contributed by atoms with Crippen LogP contribution in [0.25, 0.3) is 10.9 Å². The normalized spacial score (nSPS) is 19.3. The number of halogens is 2. The van der Waals surface area contributed by atoms with Crippen molar-refractivity contribution in [2.75, 3.05) is 51.5 Å². The molecule has 0 radical (unpaired) electrons. The zero-order valence-corrected chi connectivity index (χ0v) is 30.0. The molecular weight excluding hydrogens is 669 g/mol. The van der Waals surface area contributed by atoms with E-state index in [0.717, 1.165) is 52.1 Å². The minimum absolute atomic E-state index is 0.149. The number of hydrogen-bond donors (Lipinski definition) is 0. The second-order valence-corrected chi connectivity index (χ2v) is 12.2. The van der Waals surface area contributed by atoms with Gasteiger partial charge in [0.1, 0.15) is 13.2 Å². The van der Waals surface area contributed by atoms with Crippen molar-refractivity contribution in [1.82, 2.24) is 14.4 Å². The zero-order chi connectivity index (χ0) is 35.3. The Hall–Kier alpha value is -3.99. The molecule has 264 valence electrons. The van der Waals surface area contributed by atoms with Gasteiger partial charge in [-0.05, 0) is 63.3 Å². The SMILES string of the molecule is CCOC(=O)n1c2c(c3ccccc31)C/C(=C/N1CCOC1=O)[C@@H](c1ccc(C)cc1)[C@@H]2C/C=C/N1CCOC1=O.CCOCC.ClCCl. The fourth-order valence-electron chi connectivity index (χ4n) is 6.41. The predicted octanol–water partition coefficient (Wildman–Crippen LogP) is 8.53. The molecule has 12 heteroatoms. The quantitative estimate of drug-likeness (QED) is 0.170. The highest BCUT2D eigenvalue weighted by Crippen LogP contribution is 2.50. The van der Waals surface area contributed by atoms with Gasteiger partial charge in [0, 0.05) is 48.5 Å². The van der Waals surface area contributed by atoms with Crippen molar-refractivity contribution >= 4 is 52.4 Å². The molecule has 2 amide bonds.